The normalized spacial score (nSPS) is 11.1. The van der Waals surface area contributed by atoms with Crippen molar-refractivity contribution in [3.05, 3.63) is 75.8 Å². The number of carbonyl (C=O) groups excluding carboxylic acids is 2. The standard InChI is InChI=1S/C24H20Cl2N4O2S/c1-14(31)29(15(2)32)24-20(12-16-4-8-18(25)9-5-16)23-27-22(33-3)13-21(30(23)28-24)17-6-10-19(26)11-7-17/h4-11,13H,12H2,1-3H3. The summed E-state index contributed by atoms with van der Waals surface area (Å²) < 4.78 is 1.68. The van der Waals surface area contributed by atoms with Crippen molar-refractivity contribution in [3.8, 4) is 11.3 Å². The maximum absolute atomic E-state index is 12.4. The summed E-state index contributed by atoms with van der Waals surface area (Å²) in [5.74, 6) is -0.561. The summed E-state index contributed by atoms with van der Waals surface area (Å²) in [5.41, 5.74) is 3.85. The van der Waals surface area contributed by atoms with Crippen LogP contribution in [-0.4, -0.2) is 32.7 Å². The smallest absolute Gasteiger partial charge is 0.231 e. The topological polar surface area (TPSA) is 67.6 Å². The molecule has 0 bridgehead atoms. The van der Waals surface area contributed by atoms with E-state index >= 15 is 0 Å². The summed E-state index contributed by atoms with van der Waals surface area (Å²) in [6.45, 7) is 2.69. The highest BCUT2D eigenvalue weighted by Crippen LogP contribution is 2.33. The second-order valence-corrected chi connectivity index (χ2v) is 9.10. The number of thioether (sulfide) groups is 1. The Morgan fingerprint density at radius 1 is 0.970 bits per heavy atom. The Labute approximate surface area is 205 Å². The zero-order valence-corrected chi connectivity index (χ0v) is 20.5. The number of aromatic nitrogens is 3. The SMILES string of the molecule is CSc1cc(-c2ccc(Cl)cc2)n2nc(N(C(C)=O)C(C)=O)c(Cc3ccc(Cl)cc3)c2n1. The summed E-state index contributed by atoms with van der Waals surface area (Å²) in [6.07, 6.45) is 2.36. The van der Waals surface area contributed by atoms with Crippen molar-refractivity contribution in [3.63, 3.8) is 0 Å². The Hall–Kier alpha value is -2.87. The molecule has 0 atom stereocenters. The van der Waals surface area contributed by atoms with Crippen molar-refractivity contribution in [1.29, 1.82) is 0 Å². The summed E-state index contributed by atoms with van der Waals surface area (Å²) in [4.78, 5) is 30.7. The number of carbonyl (C=O) groups is 2. The average molecular weight is 499 g/mol. The third-order valence-electron chi connectivity index (χ3n) is 5.12. The average Bonchev–Trinajstić information content (AvgIpc) is 3.12. The first kappa shape index (κ1) is 23.3. The molecule has 4 aromatic rings. The van der Waals surface area contributed by atoms with Crippen LogP contribution in [0.3, 0.4) is 0 Å². The number of nitrogens with zero attached hydrogens (tertiary/aromatic N) is 4. The molecular weight excluding hydrogens is 479 g/mol. The van der Waals surface area contributed by atoms with Gasteiger partial charge in [-0.1, -0.05) is 47.5 Å². The molecule has 0 radical (unpaired) electrons. The van der Waals surface area contributed by atoms with Gasteiger partial charge in [0, 0.05) is 41.4 Å². The number of benzene rings is 2. The minimum atomic E-state index is -0.415. The quantitative estimate of drug-likeness (QED) is 0.252. The molecule has 2 aromatic carbocycles. The van der Waals surface area contributed by atoms with E-state index in [0.29, 0.717) is 27.7 Å². The molecule has 33 heavy (non-hydrogen) atoms. The fourth-order valence-electron chi connectivity index (χ4n) is 3.62. The monoisotopic (exact) mass is 498 g/mol. The van der Waals surface area contributed by atoms with Crippen molar-refractivity contribution in [2.45, 2.75) is 25.3 Å². The Balaban J connectivity index is 2.02. The van der Waals surface area contributed by atoms with Gasteiger partial charge in [-0.3, -0.25) is 9.59 Å². The molecule has 2 amide bonds. The zero-order valence-electron chi connectivity index (χ0n) is 18.2. The Morgan fingerprint density at radius 3 is 2.09 bits per heavy atom. The second kappa shape index (κ2) is 9.55. The van der Waals surface area contributed by atoms with Crippen molar-refractivity contribution in [2.75, 3.05) is 11.2 Å². The number of halogens is 2. The van der Waals surface area contributed by atoms with E-state index in [1.165, 1.54) is 25.6 Å². The van der Waals surface area contributed by atoms with E-state index < -0.39 is 11.8 Å². The molecule has 0 N–H and O–H groups in total. The number of rotatable bonds is 5. The molecule has 0 aliphatic carbocycles. The summed E-state index contributed by atoms with van der Waals surface area (Å²) in [6, 6.07) is 16.7. The molecular formula is C24H20Cl2N4O2S. The molecule has 0 unspecified atom stereocenters. The van der Waals surface area contributed by atoms with E-state index in [1.807, 2.05) is 36.6 Å². The Kier molecular flexibility index (Phi) is 6.74. The fraction of sp³-hybridized carbons (Fsp3) is 0.167. The van der Waals surface area contributed by atoms with E-state index in [9.17, 15) is 9.59 Å². The van der Waals surface area contributed by atoms with Gasteiger partial charge in [-0.15, -0.1) is 16.9 Å². The highest BCUT2D eigenvalue weighted by molar-refractivity contribution is 7.98. The molecule has 0 aliphatic rings. The molecule has 0 spiro atoms. The molecule has 2 aromatic heterocycles. The van der Waals surface area contributed by atoms with E-state index in [4.69, 9.17) is 33.3 Å². The van der Waals surface area contributed by atoms with Crippen molar-refractivity contribution in [1.82, 2.24) is 14.6 Å². The molecule has 0 aliphatic heterocycles. The van der Waals surface area contributed by atoms with Crippen LogP contribution in [0.5, 0.6) is 0 Å². The predicted molar refractivity (Wildman–Crippen MR) is 133 cm³/mol. The van der Waals surface area contributed by atoms with E-state index in [-0.39, 0.29) is 5.82 Å². The van der Waals surface area contributed by atoms with Crippen LogP contribution >= 0.6 is 35.0 Å². The van der Waals surface area contributed by atoms with Gasteiger partial charge in [0.1, 0.15) is 5.03 Å². The van der Waals surface area contributed by atoms with Gasteiger partial charge in [0.2, 0.25) is 11.8 Å². The second-order valence-electron chi connectivity index (χ2n) is 7.40. The Bertz CT molecular complexity index is 1340. The van der Waals surface area contributed by atoms with Crippen LogP contribution in [0.15, 0.2) is 59.6 Å². The van der Waals surface area contributed by atoms with Gasteiger partial charge >= 0.3 is 0 Å². The molecule has 0 fully saturated rings. The molecule has 9 heteroatoms. The van der Waals surface area contributed by atoms with Gasteiger partial charge in [0.05, 0.1) is 5.69 Å². The van der Waals surface area contributed by atoms with Crippen LogP contribution in [-0.2, 0) is 16.0 Å². The number of imide groups is 1. The summed E-state index contributed by atoms with van der Waals surface area (Å²) in [7, 11) is 0. The predicted octanol–water partition coefficient (Wildman–Crippen LogP) is 5.92. The molecule has 0 saturated heterocycles. The van der Waals surface area contributed by atoms with Gasteiger partial charge in [0.25, 0.3) is 0 Å². The summed E-state index contributed by atoms with van der Waals surface area (Å²) in [5, 5.41) is 6.75. The van der Waals surface area contributed by atoms with Crippen molar-refractivity contribution >= 4 is 58.2 Å². The first-order valence-electron chi connectivity index (χ1n) is 10.1. The molecule has 0 saturated carbocycles. The number of fused-ring (bicyclic) bond motifs is 1. The van der Waals surface area contributed by atoms with Crippen LogP contribution in [0.1, 0.15) is 25.0 Å². The minimum absolute atomic E-state index is 0.269. The maximum atomic E-state index is 12.4. The van der Waals surface area contributed by atoms with Gasteiger partial charge in [-0.05, 0) is 42.2 Å². The van der Waals surface area contributed by atoms with Crippen LogP contribution in [0.2, 0.25) is 10.0 Å². The molecule has 4 rings (SSSR count). The highest BCUT2D eigenvalue weighted by Gasteiger charge is 2.27. The van der Waals surface area contributed by atoms with E-state index in [2.05, 4.69) is 0 Å². The van der Waals surface area contributed by atoms with Gasteiger partial charge in [-0.2, -0.15) is 0 Å². The van der Waals surface area contributed by atoms with Crippen LogP contribution in [0.4, 0.5) is 5.82 Å². The van der Waals surface area contributed by atoms with Gasteiger partial charge in [0.15, 0.2) is 11.5 Å². The third kappa shape index (κ3) is 4.76. The van der Waals surface area contributed by atoms with Crippen molar-refractivity contribution < 1.29 is 9.59 Å². The van der Waals surface area contributed by atoms with Crippen LogP contribution in [0.25, 0.3) is 16.9 Å². The number of anilines is 1. The number of hydrogen-bond acceptors (Lipinski definition) is 5. The van der Waals surface area contributed by atoms with Gasteiger partial charge in [-0.25, -0.2) is 14.4 Å². The maximum Gasteiger partial charge on any atom is 0.231 e. The van der Waals surface area contributed by atoms with E-state index in [1.54, 1.807) is 28.8 Å². The molecule has 168 valence electrons. The lowest BCUT2D eigenvalue weighted by molar-refractivity contribution is -0.124. The van der Waals surface area contributed by atoms with Crippen LogP contribution < -0.4 is 4.90 Å². The largest absolute Gasteiger partial charge is 0.274 e. The van der Waals surface area contributed by atoms with Gasteiger partial charge < -0.3 is 0 Å². The summed E-state index contributed by atoms with van der Waals surface area (Å²) >= 11 is 13.6. The zero-order chi connectivity index (χ0) is 23.7. The van der Waals surface area contributed by atoms with Crippen LogP contribution in [0, 0.1) is 0 Å². The first-order valence-corrected chi connectivity index (χ1v) is 12.0. The number of hydrogen-bond donors (Lipinski definition) is 0. The van der Waals surface area contributed by atoms with E-state index in [0.717, 1.165) is 26.7 Å². The lowest BCUT2D eigenvalue weighted by Crippen LogP contribution is -2.34. The molecule has 2 heterocycles. The first-order chi connectivity index (χ1) is 15.8. The fourth-order valence-corrected chi connectivity index (χ4v) is 4.28. The Morgan fingerprint density at radius 2 is 1.55 bits per heavy atom. The lowest BCUT2D eigenvalue weighted by atomic mass is 10.1. The van der Waals surface area contributed by atoms with Crippen molar-refractivity contribution in [2.24, 2.45) is 0 Å². The number of amides is 2. The minimum Gasteiger partial charge on any atom is -0.274 e. The molecule has 6 nitrogen and oxygen atoms in total. The highest BCUT2D eigenvalue weighted by atomic mass is 35.5. The third-order valence-corrected chi connectivity index (χ3v) is 6.26. The lowest BCUT2D eigenvalue weighted by Gasteiger charge is -2.15.